The average molecular weight is 255 g/mol. The summed E-state index contributed by atoms with van der Waals surface area (Å²) in [5.41, 5.74) is 0. The van der Waals surface area contributed by atoms with Crippen LogP contribution in [-0.2, 0) is 0 Å². The molecule has 1 saturated carbocycles. The number of likely N-dealkylation sites (N-methyl/N-ethyl adjacent to an activating group) is 2. The molecule has 1 fully saturated rings. The minimum Gasteiger partial charge on any atom is -0.314 e. The van der Waals surface area contributed by atoms with Crippen LogP contribution in [-0.4, -0.2) is 62.2 Å². The van der Waals surface area contributed by atoms with Crippen LogP contribution in [0.3, 0.4) is 0 Å². The van der Waals surface area contributed by atoms with E-state index in [1.54, 1.807) is 0 Å². The van der Waals surface area contributed by atoms with Crippen molar-refractivity contribution in [1.29, 1.82) is 0 Å². The van der Waals surface area contributed by atoms with Gasteiger partial charge in [-0.2, -0.15) is 0 Å². The predicted octanol–water partition coefficient (Wildman–Crippen LogP) is 2.18. The Labute approximate surface area is 114 Å². The van der Waals surface area contributed by atoms with Gasteiger partial charge in [-0.05, 0) is 66.3 Å². The molecule has 0 aromatic heterocycles. The van der Waals surface area contributed by atoms with Crippen molar-refractivity contribution in [3.63, 3.8) is 0 Å². The summed E-state index contributed by atoms with van der Waals surface area (Å²) in [6.45, 7) is 9.45. The monoisotopic (exact) mass is 255 g/mol. The smallest absolute Gasteiger partial charge is 0.0194 e. The maximum absolute atomic E-state index is 3.59. The molecule has 1 rings (SSSR count). The highest BCUT2D eigenvalue weighted by atomic mass is 15.2. The van der Waals surface area contributed by atoms with Crippen molar-refractivity contribution < 1.29 is 0 Å². The van der Waals surface area contributed by atoms with Crippen LogP contribution >= 0.6 is 0 Å². The molecule has 0 aliphatic heterocycles. The van der Waals surface area contributed by atoms with Crippen molar-refractivity contribution in [2.45, 2.75) is 58.0 Å². The van der Waals surface area contributed by atoms with Gasteiger partial charge in [-0.15, -0.1) is 0 Å². The fourth-order valence-electron chi connectivity index (χ4n) is 2.54. The Morgan fingerprint density at radius 3 is 2.44 bits per heavy atom. The zero-order valence-corrected chi connectivity index (χ0v) is 12.9. The first-order chi connectivity index (χ1) is 8.63. The van der Waals surface area contributed by atoms with Crippen LogP contribution in [0.15, 0.2) is 0 Å². The van der Waals surface area contributed by atoms with Gasteiger partial charge in [-0.3, -0.25) is 4.90 Å². The first-order valence-electron chi connectivity index (χ1n) is 7.75. The lowest BCUT2D eigenvalue weighted by molar-refractivity contribution is 0.178. The lowest BCUT2D eigenvalue weighted by atomic mass is 10.2. The van der Waals surface area contributed by atoms with E-state index < -0.39 is 0 Å². The van der Waals surface area contributed by atoms with Gasteiger partial charge in [0.2, 0.25) is 0 Å². The van der Waals surface area contributed by atoms with Crippen molar-refractivity contribution >= 4 is 0 Å². The number of nitrogens with zero attached hydrogens (tertiary/aromatic N) is 2. The fourth-order valence-corrected chi connectivity index (χ4v) is 2.54. The van der Waals surface area contributed by atoms with E-state index >= 15 is 0 Å². The first kappa shape index (κ1) is 15.9. The largest absolute Gasteiger partial charge is 0.314 e. The SMILES string of the molecule is CCN(CCCCCNC1CC1)C(C)CN(C)C. The number of nitrogens with one attached hydrogen (secondary N) is 1. The molecule has 3 heteroatoms. The van der Waals surface area contributed by atoms with Gasteiger partial charge in [-0.1, -0.05) is 13.3 Å². The molecule has 1 atom stereocenters. The summed E-state index contributed by atoms with van der Waals surface area (Å²) in [7, 11) is 4.32. The van der Waals surface area contributed by atoms with Crippen LogP contribution in [0.2, 0.25) is 0 Å². The van der Waals surface area contributed by atoms with E-state index in [2.05, 4.69) is 43.1 Å². The summed E-state index contributed by atoms with van der Waals surface area (Å²) >= 11 is 0. The van der Waals surface area contributed by atoms with E-state index in [0.717, 1.165) is 12.6 Å². The Balaban J connectivity index is 1.99. The van der Waals surface area contributed by atoms with Crippen LogP contribution in [0, 0.1) is 0 Å². The molecule has 0 heterocycles. The van der Waals surface area contributed by atoms with E-state index in [1.807, 2.05) is 0 Å². The van der Waals surface area contributed by atoms with Gasteiger partial charge in [0.25, 0.3) is 0 Å². The Morgan fingerprint density at radius 2 is 1.89 bits per heavy atom. The normalized spacial score (nSPS) is 17.7. The van der Waals surface area contributed by atoms with E-state index in [4.69, 9.17) is 0 Å². The summed E-state index contributed by atoms with van der Waals surface area (Å²) < 4.78 is 0. The summed E-state index contributed by atoms with van der Waals surface area (Å²) in [6.07, 6.45) is 6.87. The Hall–Kier alpha value is -0.120. The quantitative estimate of drug-likeness (QED) is 0.571. The van der Waals surface area contributed by atoms with E-state index in [-0.39, 0.29) is 0 Å². The second kappa shape index (κ2) is 8.89. The molecule has 1 aliphatic rings. The van der Waals surface area contributed by atoms with Gasteiger partial charge in [0.1, 0.15) is 0 Å². The highest BCUT2D eigenvalue weighted by molar-refractivity contribution is 4.80. The zero-order chi connectivity index (χ0) is 13.4. The third-order valence-corrected chi connectivity index (χ3v) is 3.79. The molecule has 0 aromatic rings. The Kier molecular flexibility index (Phi) is 7.87. The van der Waals surface area contributed by atoms with Crippen LogP contribution in [0.5, 0.6) is 0 Å². The average Bonchev–Trinajstić information content (AvgIpc) is 3.11. The molecular formula is C15H33N3. The van der Waals surface area contributed by atoms with Crippen LogP contribution in [0.4, 0.5) is 0 Å². The lowest BCUT2D eigenvalue weighted by Crippen LogP contribution is -2.40. The molecule has 1 aliphatic carbocycles. The Morgan fingerprint density at radius 1 is 1.17 bits per heavy atom. The second-order valence-electron chi connectivity index (χ2n) is 6.03. The molecule has 1 unspecified atom stereocenters. The molecule has 1 N–H and O–H groups in total. The number of unbranched alkanes of at least 4 members (excludes halogenated alkanes) is 2. The third kappa shape index (κ3) is 7.34. The maximum atomic E-state index is 3.59. The van der Waals surface area contributed by atoms with E-state index in [9.17, 15) is 0 Å². The molecule has 0 aromatic carbocycles. The van der Waals surface area contributed by atoms with Gasteiger partial charge >= 0.3 is 0 Å². The standard InChI is InChI=1S/C15H33N3/c1-5-18(14(2)13-17(3)4)12-8-6-7-11-16-15-9-10-15/h14-16H,5-13H2,1-4H3. The summed E-state index contributed by atoms with van der Waals surface area (Å²) in [5, 5.41) is 3.59. The fraction of sp³-hybridized carbons (Fsp3) is 1.00. The van der Waals surface area contributed by atoms with Gasteiger partial charge in [0.05, 0.1) is 0 Å². The van der Waals surface area contributed by atoms with Crippen LogP contribution in [0.1, 0.15) is 46.0 Å². The number of hydrogen-bond donors (Lipinski definition) is 1. The molecule has 0 amide bonds. The summed E-state index contributed by atoms with van der Waals surface area (Å²) in [6, 6.07) is 1.55. The first-order valence-corrected chi connectivity index (χ1v) is 7.75. The number of rotatable bonds is 11. The van der Waals surface area contributed by atoms with Crippen molar-refractivity contribution in [2.24, 2.45) is 0 Å². The van der Waals surface area contributed by atoms with Gasteiger partial charge < -0.3 is 10.2 Å². The molecule has 0 saturated heterocycles. The highest BCUT2D eigenvalue weighted by Gasteiger charge is 2.19. The molecule has 0 spiro atoms. The second-order valence-corrected chi connectivity index (χ2v) is 6.03. The molecule has 18 heavy (non-hydrogen) atoms. The molecule has 0 bridgehead atoms. The lowest BCUT2D eigenvalue weighted by Gasteiger charge is -2.29. The van der Waals surface area contributed by atoms with Crippen molar-refractivity contribution in [2.75, 3.05) is 40.3 Å². The van der Waals surface area contributed by atoms with E-state index in [0.29, 0.717) is 6.04 Å². The van der Waals surface area contributed by atoms with Crippen LogP contribution in [0.25, 0.3) is 0 Å². The van der Waals surface area contributed by atoms with Gasteiger partial charge in [0, 0.05) is 18.6 Å². The van der Waals surface area contributed by atoms with Gasteiger partial charge in [-0.25, -0.2) is 0 Å². The predicted molar refractivity (Wildman–Crippen MR) is 80.1 cm³/mol. The minimum atomic E-state index is 0.676. The molecule has 0 radical (unpaired) electrons. The van der Waals surface area contributed by atoms with E-state index in [1.165, 1.54) is 51.7 Å². The van der Waals surface area contributed by atoms with Crippen molar-refractivity contribution in [3.05, 3.63) is 0 Å². The molecular weight excluding hydrogens is 222 g/mol. The highest BCUT2D eigenvalue weighted by Crippen LogP contribution is 2.18. The van der Waals surface area contributed by atoms with Crippen LogP contribution < -0.4 is 5.32 Å². The minimum absolute atomic E-state index is 0.676. The maximum Gasteiger partial charge on any atom is 0.0194 e. The van der Waals surface area contributed by atoms with Crippen molar-refractivity contribution in [1.82, 2.24) is 15.1 Å². The van der Waals surface area contributed by atoms with Gasteiger partial charge in [0.15, 0.2) is 0 Å². The Bertz CT molecular complexity index is 202. The zero-order valence-electron chi connectivity index (χ0n) is 12.9. The number of hydrogen-bond acceptors (Lipinski definition) is 3. The molecule has 3 nitrogen and oxygen atoms in total. The summed E-state index contributed by atoms with van der Waals surface area (Å²) in [4.78, 5) is 4.89. The topological polar surface area (TPSA) is 18.5 Å². The third-order valence-electron chi connectivity index (χ3n) is 3.79. The summed E-state index contributed by atoms with van der Waals surface area (Å²) in [5.74, 6) is 0. The molecule has 108 valence electrons. The van der Waals surface area contributed by atoms with Crippen molar-refractivity contribution in [3.8, 4) is 0 Å².